The summed E-state index contributed by atoms with van der Waals surface area (Å²) in [5, 5.41) is 0. The fourth-order valence-corrected chi connectivity index (χ4v) is 2.43. The van der Waals surface area contributed by atoms with E-state index < -0.39 is 0 Å². The zero-order chi connectivity index (χ0) is 10.8. The van der Waals surface area contributed by atoms with Crippen LogP contribution in [0.3, 0.4) is 0 Å². The summed E-state index contributed by atoms with van der Waals surface area (Å²) in [7, 11) is 0. The summed E-state index contributed by atoms with van der Waals surface area (Å²) in [6, 6.07) is 9.29. The van der Waals surface area contributed by atoms with Crippen molar-refractivity contribution in [2.75, 3.05) is 11.4 Å². The molecule has 2 atom stereocenters. The van der Waals surface area contributed by atoms with Gasteiger partial charge in [-0.2, -0.15) is 0 Å². The number of nitrogens with zero attached hydrogens (tertiary/aromatic N) is 1. The molecule has 1 aromatic rings. The van der Waals surface area contributed by atoms with Crippen LogP contribution >= 0.6 is 0 Å². The van der Waals surface area contributed by atoms with Gasteiger partial charge in [-0.25, -0.2) is 0 Å². The van der Waals surface area contributed by atoms with Crippen molar-refractivity contribution in [3.8, 4) is 0 Å². The summed E-state index contributed by atoms with van der Waals surface area (Å²) in [4.78, 5) is 2.48. The van der Waals surface area contributed by atoms with Gasteiger partial charge in [-0.3, -0.25) is 0 Å². The molecule has 0 aromatic heterocycles. The Bertz CT molecular complexity index is 333. The smallest absolute Gasteiger partial charge is 0.0416 e. The fraction of sp³-hybridized carbons (Fsp3) is 0.538. The standard InChI is InChI=1S/C13H20N2/c1-10-6-5-9-15(10)13-8-4-3-7-12(13)11(2)14/h3-4,7-8,10-11H,5-6,9,14H2,1-2H3. The number of nitrogens with two attached hydrogens (primary N) is 1. The highest BCUT2D eigenvalue weighted by molar-refractivity contribution is 5.56. The molecule has 0 bridgehead atoms. The van der Waals surface area contributed by atoms with Gasteiger partial charge < -0.3 is 10.6 Å². The van der Waals surface area contributed by atoms with Gasteiger partial charge in [-0.15, -0.1) is 0 Å². The molecule has 2 rings (SSSR count). The van der Waals surface area contributed by atoms with Crippen molar-refractivity contribution >= 4 is 5.69 Å². The Morgan fingerprint density at radius 1 is 1.40 bits per heavy atom. The number of hydrogen-bond acceptors (Lipinski definition) is 2. The maximum Gasteiger partial charge on any atom is 0.0416 e. The third-order valence-electron chi connectivity index (χ3n) is 3.29. The molecule has 82 valence electrons. The van der Waals surface area contributed by atoms with Gasteiger partial charge in [0.1, 0.15) is 0 Å². The van der Waals surface area contributed by atoms with Crippen LogP contribution in [0.1, 0.15) is 38.3 Å². The average Bonchev–Trinajstić information content (AvgIpc) is 2.64. The molecule has 0 aliphatic carbocycles. The Morgan fingerprint density at radius 2 is 2.13 bits per heavy atom. The maximum atomic E-state index is 6.00. The first-order chi connectivity index (χ1) is 7.20. The van der Waals surface area contributed by atoms with E-state index >= 15 is 0 Å². The molecule has 0 saturated carbocycles. The molecule has 0 spiro atoms. The van der Waals surface area contributed by atoms with Gasteiger partial charge in [-0.1, -0.05) is 18.2 Å². The van der Waals surface area contributed by atoms with Crippen molar-refractivity contribution in [1.29, 1.82) is 0 Å². The number of hydrogen-bond donors (Lipinski definition) is 1. The van der Waals surface area contributed by atoms with Gasteiger partial charge in [0.15, 0.2) is 0 Å². The first-order valence-corrected chi connectivity index (χ1v) is 5.81. The third-order valence-corrected chi connectivity index (χ3v) is 3.29. The van der Waals surface area contributed by atoms with Crippen LogP contribution in [-0.4, -0.2) is 12.6 Å². The summed E-state index contributed by atoms with van der Waals surface area (Å²) in [5.41, 5.74) is 8.60. The third kappa shape index (κ3) is 2.00. The van der Waals surface area contributed by atoms with E-state index in [1.807, 2.05) is 0 Å². The van der Waals surface area contributed by atoms with Crippen molar-refractivity contribution in [2.45, 2.75) is 38.8 Å². The zero-order valence-corrected chi connectivity index (χ0v) is 9.61. The second-order valence-corrected chi connectivity index (χ2v) is 4.53. The first-order valence-electron chi connectivity index (χ1n) is 5.81. The van der Waals surface area contributed by atoms with Crippen molar-refractivity contribution in [2.24, 2.45) is 5.73 Å². The SMILES string of the molecule is CC(N)c1ccccc1N1CCCC1C. The second kappa shape index (κ2) is 4.23. The predicted octanol–water partition coefficient (Wildman–Crippen LogP) is 2.70. The quantitative estimate of drug-likeness (QED) is 0.802. The lowest BCUT2D eigenvalue weighted by Crippen LogP contribution is -2.28. The maximum absolute atomic E-state index is 6.00. The van der Waals surface area contributed by atoms with E-state index in [9.17, 15) is 0 Å². The normalized spacial score (nSPS) is 23.1. The minimum absolute atomic E-state index is 0.119. The molecule has 2 N–H and O–H groups in total. The number of anilines is 1. The molecule has 1 heterocycles. The zero-order valence-electron chi connectivity index (χ0n) is 9.61. The van der Waals surface area contributed by atoms with Gasteiger partial charge >= 0.3 is 0 Å². The van der Waals surface area contributed by atoms with Gasteiger partial charge in [0.2, 0.25) is 0 Å². The van der Waals surface area contributed by atoms with Crippen molar-refractivity contribution in [1.82, 2.24) is 0 Å². The fourth-order valence-electron chi connectivity index (χ4n) is 2.43. The second-order valence-electron chi connectivity index (χ2n) is 4.53. The number of rotatable bonds is 2. The van der Waals surface area contributed by atoms with Crippen LogP contribution in [0.4, 0.5) is 5.69 Å². The molecule has 2 unspecified atom stereocenters. The summed E-state index contributed by atoms with van der Waals surface area (Å²) >= 11 is 0. The Balaban J connectivity index is 2.34. The molecule has 0 amide bonds. The minimum Gasteiger partial charge on any atom is -0.369 e. The van der Waals surface area contributed by atoms with E-state index in [-0.39, 0.29) is 6.04 Å². The summed E-state index contributed by atoms with van der Waals surface area (Å²) in [6.07, 6.45) is 2.60. The average molecular weight is 204 g/mol. The predicted molar refractivity (Wildman–Crippen MR) is 65.1 cm³/mol. The monoisotopic (exact) mass is 204 g/mol. The van der Waals surface area contributed by atoms with E-state index in [0.29, 0.717) is 6.04 Å². The molecule has 2 nitrogen and oxygen atoms in total. The van der Waals surface area contributed by atoms with Crippen LogP contribution in [0.2, 0.25) is 0 Å². The number of benzene rings is 1. The van der Waals surface area contributed by atoms with E-state index in [2.05, 4.69) is 43.0 Å². The van der Waals surface area contributed by atoms with Gasteiger partial charge in [0, 0.05) is 24.3 Å². The van der Waals surface area contributed by atoms with Crippen LogP contribution in [0.15, 0.2) is 24.3 Å². The Kier molecular flexibility index (Phi) is 2.96. The summed E-state index contributed by atoms with van der Waals surface area (Å²) < 4.78 is 0. The summed E-state index contributed by atoms with van der Waals surface area (Å²) in [6.45, 7) is 5.52. The Labute approximate surface area is 92.1 Å². The largest absolute Gasteiger partial charge is 0.369 e. The molecular weight excluding hydrogens is 184 g/mol. The molecular formula is C13H20N2. The first kappa shape index (κ1) is 10.5. The highest BCUT2D eigenvalue weighted by Crippen LogP contribution is 2.30. The highest BCUT2D eigenvalue weighted by atomic mass is 15.2. The van der Waals surface area contributed by atoms with Crippen LogP contribution in [-0.2, 0) is 0 Å². The Hall–Kier alpha value is -1.02. The molecule has 1 aliphatic heterocycles. The van der Waals surface area contributed by atoms with Crippen molar-refractivity contribution in [3.05, 3.63) is 29.8 Å². The lowest BCUT2D eigenvalue weighted by atomic mass is 10.1. The highest BCUT2D eigenvalue weighted by Gasteiger charge is 2.22. The molecule has 1 fully saturated rings. The van der Waals surface area contributed by atoms with Crippen LogP contribution < -0.4 is 10.6 Å². The molecule has 1 saturated heterocycles. The molecule has 15 heavy (non-hydrogen) atoms. The van der Waals surface area contributed by atoms with Gasteiger partial charge in [-0.05, 0) is 38.3 Å². The molecule has 1 aliphatic rings. The van der Waals surface area contributed by atoms with Crippen LogP contribution in [0.5, 0.6) is 0 Å². The van der Waals surface area contributed by atoms with E-state index in [4.69, 9.17) is 5.73 Å². The van der Waals surface area contributed by atoms with Crippen molar-refractivity contribution < 1.29 is 0 Å². The van der Waals surface area contributed by atoms with Gasteiger partial charge in [0.05, 0.1) is 0 Å². The Morgan fingerprint density at radius 3 is 2.73 bits per heavy atom. The van der Waals surface area contributed by atoms with E-state index in [0.717, 1.165) is 0 Å². The molecule has 0 radical (unpaired) electrons. The van der Waals surface area contributed by atoms with E-state index in [1.165, 1.54) is 30.6 Å². The lowest BCUT2D eigenvalue weighted by molar-refractivity contribution is 0.723. The van der Waals surface area contributed by atoms with Crippen LogP contribution in [0.25, 0.3) is 0 Å². The lowest BCUT2D eigenvalue weighted by Gasteiger charge is -2.27. The minimum atomic E-state index is 0.119. The van der Waals surface area contributed by atoms with Crippen LogP contribution in [0, 0.1) is 0 Å². The topological polar surface area (TPSA) is 29.3 Å². The van der Waals surface area contributed by atoms with Gasteiger partial charge in [0.25, 0.3) is 0 Å². The molecule has 2 heteroatoms. The number of para-hydroxylation sites is 1. The van der Waals surface area contributed by atoms with E-state index in [1.54, 1.807) is 0 Å². The molecule has 1 aromatic carbocycles. The van der Waals surface area contributed by atoms with Crippen molar-refractivity contribution in [3.63, 3.8) is 0 Å². The summed E-state index contributed by atoms with van der Waals surface area (Å²) in [5.74, 6) is 0.